The Morgan fingerprint density at radius 3 is 2.64 bits per heavy atom. The van der Waals surface area contributed by atoms with Crippen LogP contribution in [0, 0.1) is 11.8 Å². The second-order valence-electron chi connectivity index (χ2n) is 6.61. The lowest BCUT2D eigenvalue weighted by atomic mass is 9.77. The van der Waals surface area contributed by atoms with Gasteiger partial charge in [0, 0.05) is 25.6 Å². The van der Waals surface area contributed by atoms with Crippen molar-refractivity contribution in [2.24, 2.45) is 11.8 Å². The van der Waals surface area contributed by atoms with Gasteiger partial charge in [0.15, 0.2) is 0 Å². The van der Waals surface area contributed by atoms with E-state index >= 15 is 0 Å². The quantitative estimate of drug-likeness (QED) is 0.591. The van der Waals surface area contributed by atoms with Crippen molar-refractivity contribution in [1.82, 2.24) is 9.80 Å². The first-order valence-electron chi connectivity index (χ1n) is 7.70. The summed E-state index contributed by atoms with van der Waals surface area (Å²) in [6.45, 7) is 5.19. The molecule has 0 bridgehead atoms. The molecule has 22 heavy (non-hydrogen) atoms. The van der Waals surface area contributed by atoms with Gasteiger partial charge in [0.2, 0.25) is 5.91 Å². The molecule has 1 amide bonds. The van der Waals surface area contributed by atoms with E-state index in [4.69, 9.17) is 0 Å². The normalized spacial score (nSPS) is 36.5. The number of rotatable bonds is 4. The van der Waals surface area contributed by atoms with Crippen LogP contribution < -0.4 is 0 Å². The van der Waals surface area contributed by atoms with Crippen LogP contribution in [-0.2, 0) is 9.59 Å². The third-order valence-corrected chi connectivity index (χ3v) is 5.16. The fourth-order valence-corrected chi connectivity index (χ4v) is 4.05. The summed E-state index contributed by atoms with van der Waals surface area (Å²) in [6.07, 6.45) is -0.458. The van der Waals surface area contributed by atoms with Gasteiger partial charge >= 0.3 is 5.97 Å². The molecular formula is C15H22N2O5. The molecule has 3 aliphatic heterocycles. The van der Waals surface area contributed by atoms with Crippen LogP contribution in [0.5, 0.6) is 0 Å². The van der Waals surface area contributed by atoms with Crippen LogP contribution in [0.3, 0.4) is 0 Å². The highest BCUT2D eigenvalue weighted by Crippen LogP contribution is 2.47. The summed E-state index contributed by atoms with van der Waals surface area (Å²) in [7, 11) is 0. The third kappa shape index (κ3) is 2.15. The Morgan fingerprint density at radius 1 is 1.45 bits per heavy atom. The monoisotopic (exact) mass is 310 g/mol. The number of amides is 1. The van der Waals surface area contributed by atoms with Gasteiger partial charge in [0.05, 0.1) is 24.2 Å². The molecule has 0 aromatic rings. The molecule has 3 heterocycles. The van der Waals surface area contributed by atoms with Gasteiger partial charge in [0.1, 0.15) is 5.70 Å². The molecule has 0 aromatic carbocycles. The molecule has 2 saturated heterocycles. The van der Waals surface area contributed by atoms with Crippen LogP contribution in [0.1, 0.15) is 20.3 Å². The minimum atomic E-state index is -1.10. The number of carbonyl (C=O) groups excluding carboxylic acids is 1. The van der Waals surface area contributed by atoms with E-state index in [1.807, 2.05) is 11.8 Å². The van der Waals surface area contributed by atoms with Crippen molar-refractivity contribution >= 4 is 11.9 Å². The Balaban J connectivity index is 1.87. The largest absolute Gasteiger partial charge is 0.477 e. The average Bonchev–Trinajstić information content (AvgIpc) is 2.92. The number of aliphatic hydroxyl groups excluding tert-OH is 2. The van der Waals surface area contributed by atoms with Gasteiger partial charge in [-0.05, 0) is 18.9 Å². The Kier molecular flexibility index (Phi) is 3.74. The number of carboxylic acids is 1. The van der Waals surface area contributed by atoms with E-state index < -0.39 is 18.0 Å². The zero-order valence-electron chi connectivity index (χ0n) is 12.8. The summed E-state index contributed by atoms with van der Waals surface area (Å²) in [6, 6.07) is -0.263. The summed E-state index contributed by atoms with van der Waals surface area (Å²) in [5.41, 5.74) is 0.795. The van der Waals surface area contributed by atoms with Crippen molar-refractivity contribution in [1.29, 1.82) is 0 Å². The van der Waals surface area contributed by atoms with E-state index in [9.17, 15) is 24.9 Å². The summed E-state index contributed by atoms with van der Waals surface area (Å²) in [5.74, 6) is -2.02. The Bertz CT molecular complexity index is 544. The van der Waals surface area contributed by atoms with Crippen LogP contribution >= 0.6 is 0 Å². The number of carboxylic acid groups (broad SMARTS) is 1. The minimum Gasteiger partial charge on any atom is -0.477 e. The zero-order chi connectivity index (χ0) is 16.2. The smallest absolute Gasteiger partial charge is 0.352 e. The highest BCUT2D eigenvalue weighted by atomic mass is 16.4. The fourth-order valence-electron chi connectivity index (χ4n) is 4.05. The van der Waals surface area contributed by atoms with Crippen molar-refractivity contribution in [2.75, 3.05) is 19.6 Å². The summed E-state index contributed by atoms with van der Waals surface area (Å²) < 4.78 is 0. The van der Waals surface area contributed by atoms with Crippen molar-refractivity contribution < 1.29 is 24.9 Å². The standard InChI is InChI=1S/C15H22N2O5/c1-7-10(6-16-4-3-9(19)5-16)13(15(21)22)17-12(7)11(8(2)18)14(17)20/h7-9,11-12,18-19H,3-6H2,1-2H3,(H,21,22)/t7?,8?,9-,11?,12?/m1/s1. The Hall–Kier alpha value is -1.44. The van der Waals surface area contributed by atoms with Gasteiger partial charge in [-0.3, -0.25) is 9.69 Å². The SMILES string of the molecule is CC(O)C1C(=O)N2C(C(=O)O)=C(CN3CC[C@@H](O)C3)C(C)C12. The van der Waals surface area contributed by atoms with Crippen LogP contribution in [0.4, 0.5) is 0 Å². The molecule has 0 spiro atoms. The van der Waals surface area contributed by atoms with Crippen LogP contribution in [-0.4, -0.2) is 74.9 Å². The second kappa shape index (κ2) is 5.33. The number of aliphatic hydroxyl groups is 2. The van der Waals surface area contributed by atoms with Gasteiger partial charge < -0.3 is 20.2 Å². The second-order valence-corrected chi connectivity index (χ2v) is 6.61. The molecule has 2 fully saturated rings. The molecule has 5 atom stereocenters. The van der Waals surface area contributed by atoms with E-state index in [1.165, 1.54) is 4.90 Å². The van der Waals surface area contributed by atoms with Gasteiger partial charge in [-0.15, -0.1) is 0 Å². The highest BCUT2D eigenvalue weighted by Gasteiger charge is 2.59. The van der Waals surface area contributed by atoms with Gasteiger partial charge in [-0.2, -0.15) is 0 Å². The Morgan fingerprint density at radius 2 is 2.14 bits per heavy atom. The van der Waals surface area contributed by atoms with E-state index in [1.54, 1.807) is 6.92 Å². The molecular weight excluding hydrogens is 288 g/mol. The lowest BCUT2D eigenvalue weighted by Crippen LogP contribution is -2.63. The molecule has 3 rings (SSSR count). The number of fused-ring (bicyclic) bond motifs is 1. The summed E-state index contributed by atoms with van der Waals surface area (Å²) >= 11 is 0. The van der Waals surface area contributed by atoms with E-state index in [0.717, 1.165) is 12.1 Å². The summed E-state index contributed by atoms with van der Waals surface area (Å²) in [5, 5.41) is 28.9. The number of carbonyl (C=O) groups is 2. The molecule has 0 aliphatic carbocycles. The maximum atomic E-state index is 12.2. The van der Waals surface area contributed by atoms with E-state index in [-0.39, 0.29) is 29.7 Å². The average molecular weight is 310 g/mol. The molecule has 7 nitrogen and oxygen atoms in total. The van der Waals surface area contributed by atoms with E-state index in [0.29, 0.717) is 19.5 Å². The van der Waals surface area contributed by atoms with Crippen molar-refractivity contribution in [3.63, 3.8) is 0 Å². The number of hydrogen-bond donors (Lipinski definition) is 3. The van der Waals surface area contributed by atoms with Crippen molar-refractivity contribution in [2.45, 2.75) is 38.5 Å². The third-order valence-electron chi connectivity index (χ3n) is 5.16. The molecule has 0 radical (unpaired) electrons. The van der Waals surface area contributed by atoms with Crippen LogP contribution in [0.25, 0.3) is 0 Å². The predicted octanol–water partition coefficient (Wildman–Crippen LogP) is -0.751. The van der Waals surface area contributed by atoms with Crippen molar-refractivity contribution in [3.05, 3.63) is 11.3 Å². The summed E-state index contributed by atoms with van der Waals surface area (Å²) in [4.78, 5) is 27.2. The van der Waals surface area contributed by atoms with Gasteiger partial charge in [-0.25, -0.2) is 4.79 Å². The zero-order valence-corrected chi connectivity index (χ0v) is 12.8. The maximum Gasteiger partial charge on any atom is 0.352 e. The lowest BCUT2D eigenvalue weighted by Gasteiger charge is -2.46. The number of aliphatic carboxylic acids is 1. The predicted molar refractivity (Wildman–Crippen MR) is 76.7 cm³/mol. The van der Waals surface area contributed by atoms with Crippen molar-refractivity contribution in [3.8, 4) is 0 Å². The first-order chi connectivity index (χ1) is 10.3. The maximum absolute atomic E-state index is 12.2. The molecule has 4 unspecified atom stereocenters. The van der Waals surface area contributed by atoms with Gasteiger partial charge in [0.25, 0.3) is 0 Å². The molecule has 3 N–H and O–H groups in total. The number of nitrogens with zero attached hydrogens (tertiary/aromatic N) is 2. The first-order valence-corrected chi connectivity index (χ1v) is 7.70. The Labute approximate surface area is 128 Å². The van der Waals surface area contributed by atoms with Crippen LogP contribution in [0.15, 0.2) is 11.3 Å². The van der Waals surface area contributed by atoms with Gasteiger partial charge in [-0.1, -0.05) is 6.92 Å². The molecule has 0 saturated carbocycles. The molecule has 0 aromatic heterocycles. The first kappa shape index (κ1) is 15.5. The van der Waals surface area contributed by atoms with E-state index in [2.05, 4.69) is 0 Å². The highest BCUT2D eigenvalue weighted by molar-refractivity contribution is 6.00. The number of β-lactam (4-membered cyclic amide) rings is 1. The number of likely N-dealkylation sites (tertiary alicyclic amines) is 1. The lowest BCUT2D eigenvalue weighted by molar-refractivity contribution is -0.163. The molecule has 122 valence electrons. The van der Waals surface area contributed by atoms with Crippen LogP contribution in [0.2, 0.25) is 0 Å². The number of hydrogen-bond acceptors (Lipinski definition) is 5. The molecule has 3 aliphatic rings. The number of β-amino-alcohol motifs (C(OH)–C–C–N with tert-alkyl or cyclic N) is 1. The fraction of sp³-hybridized carbons (Fsp3) is 0.733. The minimum absolute atomic E-state index is 0.0702. The molecule has 7 heteroatoms. The topological polar surface area (TPSA) is 101 Å².